The molecule has 0 bridgehead atoms. The van der Waals surface area contributed by atoms with Gasteiger partial charge in [-0.2, -0.15) is 0 Å². The lowest BCUT2D eigenvalue weighted by Crippen LogP contribution is -2.38. The number of amides is 1. The number of aromatic nitrogens is 3. The third kappa shape index (κ3) is 4.25. The van der Waals surface area contributed by atoms with Crippen molar-refractivity contribution in [3.63, 3.8) is 0 Å². The van der Waals surface area contributed by atoms with E-state index in [1.807, 2.05) is 78.7 Å². The molecule has 0 spiro atoms. The highest BCUT2D eigenvalue weighted by molar-refractivity contribution is 5.98. The number of carbonyl (C=O) groups excluding carboxylic acids is 1. The summed E-state index contributed by atoms with van der Waals surface area (Å²) in [6, 6.07) is 20.9. The Morgan fingerprint density at radius 3 is 2.76 bits per heavy atom. The van der Waals surface area contributed by atoms with E-state index < -0.39 is 0 Å². The highest BCUT2D eigenvalue weighted by Gasteiger charge is 2.26. The van der Waals surface area contributed by atoms with Gasteiger partial charge in [-0.3, -0.25) is 14.7 Å². The molecule has 0 saturated carbocycles. The fourth-order valence-electron chi connectivity index (χ4n) is 3.79. The van der Waals surface area contributed by atoms with Crippen LogP contribution in [0.3, 0.4) is 0 Å². The van der Waals surface area contributed by atoms with E-state index in [1.165, 1.54) is 0 Å². The van der Waals surface area contributed by atoms with Gasteiger partial charge in [-0.1, -0.05) is 12.1 Å². The summed E-state index contributed by atoms with van der Waals surface area (Å²) in [6.07, 6.45) is 3.44. The molecule has 8 heteroatoms. The van der Waals surface area contributed by atoms with Gasteiger partial charge in [0.25, 0.3) is 5.91 Å². The highest BCUT2D eigenvalue weighted by atomic mass is 16.5. The van der Waals surface area contributed by atoms with E-state index in [1.54, 1.807) is 24.4 Å². The molecule has 4 aromatic rings. The summed E-state index contributed by atoms with van der Waals surface area (Å²) in [7, 11) is 3.54. The molecule has 0 saturated heterocycles. The zero-order valence-corrected chi connectivity index (χ0v) is 18.9. The molecule has 170 valence electrons. The van der Waals surface area contributed by atoms with Crippen molar-refractivity contribution in [1.29, 1.82) is 0 Å². The molecule has 0 radical (unpaired) electrons. The number of benzene rings is 2. The first-order valence-corrected chi connectivity index (χ1v) is 10.8. The number of carbonyl (C=O) groups is 1. The number of pyridine rings is 1. The Labute approximate surface area is 197 Å². The molecule has 2 aromatic heterocycles. The number of anilines is 3. The minimum absolute atomic E-state index is 0.00215. The lowest BCUT2D eigenvalue weighted by atomic mass is 10.1. The molecule has 5 rings (SSSR count). The van der Waals surface area contributed by atoms with Crippen LogP contribution in [0.5, 0.6) is 11.5 Å². The first kappa shape index (κ1) is 21.4. The fraction of sp³-hybridized carbons (Fsp3) is 0.154. The van der Waals surface area contributed by atoms with Crippen LogP contribution in [0.2, 0.25) is 0 Å². The average Bonchev–Trinajstić information content (AvgIpc) is 2.90. The SMILES string of the molecule is COc1cccc(N(C)c2nccc(-c3ccc4c(c3)N(Cc3ccccn3)C(=O)CO4)n2)c1. The van der Waals surface area contributed by atoms with Gasteiger partial charge in [0.05, 0.1) is 30.7 Å². The van der Waals surface area contributed by atoms with Crippen LogP contribution in [0.1, 0.15) is 5.69 Å². The Morgan fingerprint density at radius 1 is 1.03 bits per heavy atom. The average molecular weight is 454 g/mol. The van der Waals surface area contributed by atoms with Crippen LogP contribution < -0.4 is 19.3 Å². The van der Waals surface area contributed by atoms with Crippen molar-refractivity contribution in [2.45, 2.75) is 6.54 Å². The monoisotopic (exact) mass is 453 g/mol. The molecular weight excluding hydrogens is 430 g/mol. The molecule has 8 nitrogen and oxygen atoms in total. The first-order valence-electron chi connectivity index (χ1n) is 10.8. The van der Waals surface area contributed by atoms with Gasteiger partial charge in [-0.15, -0.1) is 0 Å². The van der Waals surface area contributed by atoms with E-state index in [4.69, 9.17) is 14.5 Å². The first-order chi connectivity index (χ1) is 16.6. The van der Waals surface area contributed by atoms with Crippen molar-refractivity contribution < 1.29 is 14.3 Å². The Balaban J connectivity index is 1.48. The van der Waals surface area contributed by atoms with Gasteiger partial charge in [0.15, 0.2) is 6.61 Å². The van der Waals surface area contributed by atoms with Crippen molar-refractivity contribution in [3.05, 3.63) is 84.8 Å². The van der Waals surface area contributed by atoms with Crippen LogP contribution in [0, 0.1) is 0 Å². The number of hydrogen-bond donors (Lipinski definition) is 0. The molecule has 0 atom stereocenters. The van der Waals surface area contributed by atoms with Crippen molar-refractivity contribution >= 4 is 23.2 Å². The minimum Gasteiger partial charge on any atom is -0.497 e. The molecule has 2 aromatic carbocycles. The topological polar surface area (TPSA) is 80.7 Å². The maximum atomic E-state index is 12.7. The number of ether oxygens (including phenoxy) is 2. The van der Waals surface area contributed by atoms with Gasteiger partial charge in [-0.05, 0) is 48.5 Å². The maximum Gasteiger partial charge on any atom is 0.265 e. The number of hydrogen-bond acceptors (Lipinski definition) is 7. The zero-order chi connectivity index (χ0) is 23.5. The lowest BCUT2D eigenvalue weighted by molar-refractivity contribution is -0.121. The molecular formula is C26H23N5O3. The van der Waals surface area contributed by atoms with Gasteiger partial charge in [0.2, 0.25) is 5.95 Å². The van der Waals surface area contributed by atoms with Crippen LogP contribution >= 0.6 is 0 Å². The second-order valence-corrected chi connectivity index (χ2v) is 7.77. The summed E-state index contributed by atoms with van der Waals surface area (Å²) in [6.45, 7) is 0.370. The van der Waals surface area contributed by atoms with Crippen LogP contribution in [-0.2, 0) is 11.3 Å². The van der Waals surface area contributed by atoms with E-state index in [9.17, 15) is 4.79 Å². The van der Waals surface area contributed by atoms with Crippen molar-refractivity contribution in [2.75, 3.05) is 30.6 Å². The van der Waals surface area contributed by atoms with Gasteiger partial charge < -0.3 is 14.4 Å². The Hall–Kier alpha value is -4.46. The maximum absolute atomic E-state index is 12.7. The molecule has 0 fully saturated rings. The predicted molar refractivity (Wildman–Crippen MR) is 129 cm³/mol. The highest BCUT2D eigenvalue weighted by Crippen LogP contribution is 2.37. The Bertz CT molecular complexity index is 1330. The molecule has 0 aliphatic carbocycles. The largest absolute Gasteiger partial charge is 0.497 e. The normalized spacial score (nSPS) is 12.6. The van der Waals surface area contributed by atoms with Crippen LogP contribution in [0.25, 0.3) is 11.3 Å². The summed E-state index contributed by atoms with van der Waals surface area (Å²) < 4.78 is 11.0. The van der Waals surface area contributed by atoms with Gasteiger partial charge >= 0.3 is 0 Å². The molecule has 1 aliphatic heterocycles. The molecule has 0 unspecified atom stereocenters. The lowest BCUT2D eigenvalue weighted by Gasteiger charge is -2.29. The molecule has 1 aliphatic rings. The molecule has 34 heavy (non-hydrogen) atoms. The van der Waals surface area contributed by atoms with Crippen molar-refractivity contribution in [3.8, 4) is 22.8 Å². The Morgan fingerprint density at radius 2 is 1.94 bits per heavy atom. The number of methoxy groups -OCH3 is 1. The van der Waals surface area contributed by atoms with E-state index in [2.05, 4.69) is 9.97 Å². The third-order valence-electron chi connectivity index (χ3n) is 5.63. The number of fused-ring (bicyclic) bond motifs is 1. The van der Waals surface area contributed by atoms with Crippen molar-refractivity contribution in [1.82, 2.24) is 15.0 Å². The smallest absolute Gasteiger partial charge is 0.265 e. The van der Waals surface area contributed by atoms with Crippen LogP contribution in [0.15, 0.2) is 79.1 Å². The van der Waals surface area contributed by atoms with E-state index >= 15 is 0 Å². The number of nitrogens with zero attached hydrogens (tertiary/aromatic N) is 5. The summed E-state index contributed by atoms with van der Waals surface area (Å²) in [5.41, 5.74) is 3.99. The van der Waals surface area contributed by atoms with Gasteiger partial charge in [0.1, 0.15) is 11.5 Å². The second kappa shape index (κ2) is 9.19. The molecule has 0 N–H and O–H groups in total. The summed E-state index contributed by atoms with van der Waals surface area (Å²) in [5.74, 6) is 1.84. The van der Waals surface area contributed by atoms with Crippen LogP contribution in [0.4, 0.5) is 17.3 Å². The van der Waals surface area contributed by atoms with Crippen LogP contribution in [-0.4, -0.2) is 41.6 Å². The molecule has 3 heterocycles. The zero-order valence-electron chi connectivity index (χ0n) is 18.9. The Kier molecular flexibility index (Phi) is 5.78. The third-order valence-corrected chi connectivity index (χ3v) is 5.63. The second-order valence-electron chi connectivity index (χ2n) is 7.77. The quantitative estimate of drug-likeness (QED) is 0.432. The standard InChI is InChI=1S/C26H23N5O3/c1-30(20-7-5-8-21(15-20)33-2)26-28-13-11-22(29-26)18-9-10-24-23(14-18)31(25(32)17-34-24)16-19-6-3-4-12-27-19/h3-15H,16-17H2,1-2H3. The predicted octanol–water partition coefficient (Wildman–Crippen LogP) is 4.24. The molecule has 1 amide bonds. The fourth-order valence-corrected chi connectivity index (χ4v) is 3.79. The summed E-state index contributed by atoms with van der Waals surface area (Å²) in [4.78, 5) is 29.9. The minimum atomic E-state index is -0.114. The van der Waals surface area contributed by atoms with Gasteiger partial charge in [0, 0.05) is 36.8 Å². The van der Waals surface area contributed by atoms with E-state index in [0.717, 1.165) is 28.4 Å². The van der Waals surface area contributed by atoms with E-state index in [0.29, 0.717) is 23.9 Å². The summed E-state index contributed by atoms with van der Waals surface area (Å²) >= 11 is 0. The van der Waals surface area contributed by atoms with Crippen molar-refractivity contribution in [2.24, 2.45) is 0 Å². The van der Waals surface area contributed by atoms with Gasteiger partial charge in [-0.25, -0.2) is 9.97 Å². The number of rotatable bonds is 6. The summed E-state index contributed by atoms with van der Waals surface area (Å²) in [5, 5.41) is 0. The van der Waals surface area contributed by atoms with E-state index in [-0.39, 0.29) is 12.5 Å².